The molecule has 1 atom stereocenters. The van der Waals surface area contributed by atoms with Crippen LogP contribution in [0.5, 0.6) is 0 Å². The summed E-state index contributed by atoms with van der Waals surface area (Å²) in [6.07, 6.45) is 3.62. The highest BCUT2D eigenvalue weighted by Gasteiger charge is 2.19. The van der Waals surface area contributed by atoms with Gasteiger partial charge in [0.05, 0.1) is 12.6 Å². The summed E-state index contributed by atoms with van der Waals surface area (Å²) in [5.41, 5.74) is 1.72. The number of nitrogens with zero attached hydrogens (tertiary/aromatic N) is 2. The molecule has 3 rings (SSSR count). The van der Waals surface area contributed by atoms with E-state index in [4.69, 9.17) is 0 Å². The number of amides is 2. The second-order valence-electron chi connectivity index (χ2n) is 6.77. The van der Waals surface area contributed by atoms with E-state index >= 15 is 0 Å². The van der Waals surface area contributed by atoms with Gasteiger partial charge in [0.15, 0.2) is 5.82 Å². The summed E-state index contributed by atoms with van der Waals surface area (Å²) in [4.78, 5) is 40.8. The molecule has 0 aliphatic carbocycles. The molecule has 8 nitrogen and oxygen atoms in total. The van der Waals surface area contributed by atoms with Crippen molar-refractivity contribution >= 4 is 23.3 Å². The zero-order valence-electron chi connectivity index (χ0n) is 16.4. The third-order valence-electron chi connectivity index (χ3n) is 4.52. The summed E-state index contributed by atoms with van der Waals surface area (Å²) in [5.74, 6) is -1.65. The average molecular weight is 406 g/mol. The second-order valence-corrected chi connectivity index (χ2v) is 6.77. The summed E-state index contributed by atoms with van der Waals surface area (Å²) < 4.78 is 1.62. The first kappa shape index (κ1) is 20.9. The quantitative estimate of drug-likeness (QED) is 0.404. The molecule has 3 N–H and O–H groups in total. The minimum Gasteiger partial charge on any atom is -0.394 e. The third-order valence-corrected chi connectivity index (χ3v) is 4.52. The zero-order valence-corrected chi connectivity index (χ0v) is 16.4. The molecule has 1 aromatic heterocycles. The molecule has 8 heteroatoms. The molecule has 0 radical (unpaired) electrons. The highest BCUT2D eigenvalue weighted by atomic mass is 16.3. The highest BCUT2D eigenvalue weighted by molar-refractivity contribution is 6.39. The normalized spacial score (nSPS) is 11.5. The Kier molecular flexibility index (Phi) is 6.71. The minimum absolute atomic E-state index is 0.246. The van der Waals surface area contributed by atoms with Gasteiger partial charge in [0, 0.05) is 30.7 Å². The van der Waals surface area contributed by atoms with Crippen molar-refractivity contribution < 1.29 is 19.5 Å². The summed E-state index contributed by atoms with van der Waals surface area (Å²) in [7, 11) is 1.73. The van der Waals surface area contributed by atoms with Gasteiger partial charge >= 0.3 is 11.8 Å². The van der Waals surface area contributed by atoms with E-state index in [9.17, 15) is 19.5 Å². The summed E-state index contributed by atoms with van der Waals surface area (Å²) >= 11 is 0. The van der Waals surface area contributed by atoms with E-state index in [1.807, 2.05) is 30.3 Å². The molecule has 0 saturated heterocycles. The van der Waals surface area contributed by atoms with Crippen LogP contribution in [0.15, 0.2) is 67.0 Å². The van der Waals surface area contributed by atoms with Crippen LogP contribution >= 0.6 is 0 Å². The lowest BCUT2D eigenvalue weighted by Gasteiger charge is -2.16. The Labute approximate surface area is 173 Å². The maximum absolute atomic E-state index is 12.4. The van der Waals surface area contributed by atoms with E-state index in [2.05, 4.69) is 15.6 Å². The zero-order chi connectivity index (χ0) is 21.5. The van der Waals surface area contributed by atoms with Crippen molar-refractivity contribution in [1.29, 1.82) is 0 Å². The minimum atomic E-state index is -0.857. The number of hydrogen-bond donors (Lipinski definition) is 3. The molecule has 2 aromatic carbocycles. The number of carbonyl (C=O) groups is 3. The van der Waals surface area contributed by atoms with Crippen LogP contribution in [0.1, 0.15) is 21.7 Å². The van der Waals surface area contributed by atoms with Gasteiger partial charge in [-0.15, -0.1) is 0 Å². The topological polar surface area (TPSA) is 113 Å². The van der Waals surface area contributed by atoms with Crippen LogP contribution in [-0.2, 0) is 23.1 Å². The van der Waals surface area contributed by atoms with Crippen molar-refractivity contribution in [2.75, 3.05) is 11.9 Å². The lowest BCUT2D eigenvalue weighted by molar-refractivity contribution is -0.136. The number of hydrogen-bond acceptors (Lipinski definition) is 5. The number of anilines is 1. The maximum Gasteiger partial charge on any atom is 0.313 e. The van der Waals surface area contributed by atoms with Crippen LogP contribution in [0, 0.1) is 0 Å². The van der Waals surface area contributed by atoms with Crippen LogP contribution in [0.4, 0.5) is 5.69 Å². The fourth-order valence-electron chi connectivity index (χ4n) is 2.92. The van der Waals surface area contributed by atoms with E-state index in [-0.39, 0.29) is 12.4 Å². The van der Waals surface area contributed by atoms with Gasteiger partial charge in [-0.2, -0.15) is 0 Å². The summed E-state index contributed by atoms with van der Waals surface area (Å²) in [6.45, 7) is -0.294. The number of imidazole rings is 1. The lowest BCUT2D eigenvalue weighted by Crippen LogP contribution is -2.44. The predicted octanol–water partition coefficient (Wildman–Crippen LogP) is 1.31. The molecule has 0 saturated carbocycles. The van der Waals surface area contributed by atoms with Crippen molar-refractivity contribution in [2.45, 2.75) is 12.5 Å². The SMILES string of the molecule is Cn1ccnc1C(=O)c1ccc(NC(=O)C(=O)NC(CO)Cc2ccccc2)cc1. The Morgan fingerprint density at radius 2 is 1.73 bits per heavy atom. The smallest absolute Gasteiger partial charge is 0.313 e. The fraction of sp³-hybridized carbons (Fsp3) is 0.182. The number of aromatic nitrogens is 2. The Morgan fingerprint density at radius 1 is 1.03 bits per heavy atom. The Hall–Kier alpha value is -3.78. The summed E-state index contributed by atoms with van der Waals surface area (Å²) in [6, 6.07) is 14.9. The molecule has 2 amide bonds. The van der Waals surface area contributed by atoms with Gasteiger partial charge in [0.25, 0.3) is 0 Å². The molecule has 0 spiro atoms. The molecule has 30 heavy (non-hydrogen) atoms. The Morgan fingerprint density at radius 3 is 2.33 bits per heavy atom. The van der Waals surface area contributed by atoms with Crippen LogP contribution in [0.3, 0.4) is 0 Å². The number of aliphatic hydroxyl groups excluding tert-OH is 1. The van der Waals surface area contributed by atoms with Crippen molar-refractivity contribution in [3.63, 3.8) is 0 Å². The number of aryl methyl sites for hydroxylation is 1. The van der Waals surface area contributed by atoms with Gasteiger partial charge in [-0.25, -0.2) is 4.98 Å². The predicted molar refractivity (Wildman–Crippen MR) is 111 cm³/mol. The second kappa shape index (κ2) is 9.62. The van der Waals surface area contributed by atoms with E-state index in [1.54, 1.807) is 29.9 Å². The molecule has 0 aliphatic rings. The number of carbonyl (C=O) groups excluding carboxylic acids is 3. The molecule has 0 aliphatic heterocycles. The average Bonchev–Trinajstić information content (AvgIpc) is 3.19. The number of nitrogens with one attached hydrogen (secondary N) is 2. The van der Waals surface area contributed by atoms with Crippen molar-refractivity contribution in [1.82, 2.24) is 14.9 Å². The largest absolute Gasteiger partial charge is 0.394 e. The first-order valence-corrected chi connectivity index (χ1v) is 9.36. The van der Waals surface area contributed by atoms with Gasteiger partial charge in [-0.1, -0.05) is 30.3 Å². The third kappa shape index (κ3) is 5.18. The van der Waals surface area contributed by atoms with E-state index in [0.717, 1.165) is 5.56 Å². The van der Waals surface area contributed by atoms with E-state index < -0.39 is 17.9 Å². The molecule has 154 valence electrons. The van der Waals surface area contributed by atoms with Gasteiger partial charge < -0.3 is 20.3 Å². The van der Waals surface area contributed by atoms with Crippen LogP contribution < -0.4 is 10.6 Å². The van der Waals surface area contributed by atoms with Gasteiger partial charge in [0.1, 0.15) is 0 Å². The van der Waals surface area contributed by atoms with Crippen molar-refractivity contribution in [3.05, 3.63) is 83.9 Å². The number of rotatable bonds is 7. The standard InChI is InChI=1S/C22H22N4O4/c1-26-12-11-23-20(26)19(28)16-7-9-17(10-8-16)24-21(29)22(30)25-18(14-27)13-15-5-3-2-4-6-15/h2-12,18,27H,13-14H2,1H3,(H,24,29)(H,25,30). The van der Waals surface area contributed by atoms with E-state index in [1.165, 1.54) is 18.3 Å². The number of aliphatic hydroxyl groups is 1. The molecular weight excluding hydrogens is 384 g/mol. The molecular formula is C22H22N4O4. The first-order chi connectivity index (χ1) is 14.5. The van der Waals surface area contributed by atoms with Crippen LogP contribution in [-0.4, -0.2) is 44.9 Å². The molecule has 3 aromatic rings. The van der Waals surface area contributed by atoms with E-state index in [0.29, 0.717) is 23.5 Å². The van der Waals surface area contributed by atoms with Crippen molar-refractivity contribution in [2.24, 2.45) is 7.05 Å². The molecule has 1 unspecified atom stereocenters. The number of benzene rings is 2. The molecule has 0 fully saturated rings. The Balaban J connectivity index is 1.57. The van der Waals surface area contributed by atoms with Gasteiger partial charge in [-0.05, 0) is 36.2 Å². The van der Waals surface area contributed by atoms with Crippen LogP contribution in [0.25, 0.3) is 0 Å². The maximum atomic E-state index is 12.4. The highest BCUT2D eigenvalue weighted by Crippen LogP contribution is 2.13. The Bertz CT molecular complexity index is 1030. The monoisotopic (exact) mass is 406 g/mol. The molecule has 0 bridgehead atoms. The van der Waals surface area contributed by atoms with Crippen LogP contribution in [0.2, 0.25) is 0 Å². The fourth-order valence-corrected chi connectivity index (χ4v) is 2.92. The molecule has 1 heterocycles. The summed E-state index contributed by atoms with van der Waals surface area (Å²) in [5, 5.41) is 14.5. The number of ketones is 1. The van der Waals surface area contributed by atoms with Gasteiger partial charge in [0.2, 0.25) is 5.78 Å². The first-order valence-electron chi connectivity index (χ1n) is 9.36. The van der Waals surface area contributed by atoms with Gasteiger partial charge in [-0.3, -0.25) is 14.4 Å². The lowest BCUT2D eigenvalue weighted by atomic mass is 10.1. The van der Waals surface area contributed by atoms with Crippen molar-refractivity contribution in [3.8, 4) is 0 Å².